The molecule has 1 aromatic heterocycles. The van der Waals surface area contributed by atoms with E-state index in [-0.39, 0.29) is 0 Å². The second-order valence-corrected chi connectivity index (χ2v) is 5.01. The number of nitrogens with zero attached hydrogens (tertiary/aromatic N) is 2. The third-order valence-corrected chi connectivity index (χ3v) is 3.09. The van der Waals surface area contributed by atoms with Gasteiger partial charge in [0.15, 0.2) is 0 Å². The first kappa shape index (κ1) is 13.5. The zero-order chi connectivity index (χ0) is 13.0. The molecule has 1 saturated heterocycles. The van der Waals surface area contributed by atoms with Gasteiger partial charge in [-0.1, -0.05) is 18.5 Å². The van der Waals surface area contributed by atoms with Gasteiger partial charge in [-0.3, -0.25) is 0 Å². The average molecular weight is 272 g/mol. The van der Waals surface area contributed by atoms with E-state index in [1.54, 1.807) is 6.07 Å². The predicted molar refractivity (Wildman–Crippen MR) is 69.9 cm³/mol. The molecule has 100 valence electrons. The van der Waals surface area contributed by atoms with Crippen molar-refractivity contribution in [2.75, 3.05) is 25.1 Å². The molecule has 1 atom stereocenters. The van der Waals surface area contributed by atoms with E-state index in [2.05, 4.69) is 22.2 Å². The van der Waals surface area contributed by atoms with Gasteiger partial charge in [-0.05, 0) is 6.42 Å². The summed E-state index contributed by atoms with van der Waals surface area (Å²) in [7, 11) is 0. The molecular weight excluding hydrogens is 254 g/mol. The van der Waals surface area contributed by atoms with Crippen molar-refractivity contribution in [3.63, 3.8) is 0 Å². The van der Waals surface area contributed by atoms with Crippen LogP contribution in [0.2, 0.25) is 5.15 Å². The van der Waals surface area contributed by atoms with Crippen LogP contribution in [-0.4, -0.2) is 40.4 Å². The molecule has 1 aromatic rings. The first-order chi connectivity index (χ1) is 8.61. The lowest BCUT2D eigenvalue weighted by molar-refractivity contribution is 0.0381. The summed E-state index contributed by atoms with van der Waals surface area (Å²) in [5.74, 6) is 1.38. The highest BCUT2D eigenvalue weighted by atomic mass is 35.5. The van der Waals surface area contributed by atoms with Crippen molar-refractivity contribution in [2.45, 2.75) is 31.8 Å². The first-order valence-corrected chi connectivity index (χ1v) is 6.56. The molecule has 2 heterocycles. The molecule has 2 N–H and O–H groups in total. The van der Waals surface area contributed by atoms with Crippen LogP contribution in [0.5, 0.6) is 0 Å². The van der Waals surface area contributed by atoms with Crippen molar-refractivity contribution in [3.8, 4) is 0 Å². The topological polar surface area (TPSA) is 67.3 Å². The summed E-state index contributed by atoms with van der Waals surface area (Å²) >= 11 is 5.94. The largest absolute Gasteiger partial charge is 0.386 e. The van der Waals surface area contributed by atoms with Gasteiger partial charge in [-0.2, -0.15) is 0 Å². The van der Waals surface area contributed by atoms with E-state index in [1.165, 1.54) is 0 Å². The lowest BCUT2D eigenvalue weighted by Crippen LogP contribution is -2.37. The number of hydrogen-bond acceptors (Lipinski definition) is 5. The Bertz CT molecular complexity index is 408. The first-order valence-electron chi connectivity index (χ1n) is 6.19. The van der Waals surface area contributed by atoms with E-state index in [1.807, 2.05) is 0 Å². The summed E-state index contributed by atoms with van der Waals surface area (Å²) in [6.07, 6.45) is 2.40. The number of aliphatic hydroxyl groups is 1. The van der Waals surface area contributed by atoms with Gasteiger partial charge in [0, 0.05) is 32.1 Å². The molecule has 0 aromatic carbocycles. The highest BCUT2D eigenvalue weighted by Crippen LogP contribution is 2.19. The molecule has 0 amide bonds. The Balaban J connectivity index is 2.00. The number of rotatable bonds is 5. The Morgan fingerprint density at radius 3 is 3.06 bits per heavy atom. The number of anilines is 1. The molecule has 0 aliphatic carbocycles. The van der Waals surface area contributed by atoms with Gasteiger partial charge in [0.1, 0.15) is 22.4 Å². The molecule has 18 heavy (non-hydrogen) atoms. The lowest BCUT2D eigenvalue weighted by atomic mass is 10.0. The fourth-order valence-electron chi connectivity index (χ4n) is 1.88. The van der Waals surface area contributed by atoms with Gasteiger partial charge in [0.25, 0.3) is 0 Å². The minimum Gasteiger partial charge on any atom is -0.386 e. The van der Waals surface area contributed by atoms with Crippen LogP contribution in [0.25, 0.3) is 0 Å². The van der Waals surface area contributed by atoms with Gasteiger partial charge < -0.3 is 15.2 Å². The van der Waals surface area contributed by atoms with Crippen LogP contribution in [0.4, 0.5) is 5.82 Å². The molecule has 1 aliphatic rings. The quantitative estimate of drug-likeness (QED) is 0.797. The van der Waals surface area contributed by atoms with E-state index in [0.29, 0.717) is 37.2 Å². The summed E-state index contributed by atoms with van der Waals surface area (Å²) in [6, 6.07) is 1.67. The Labute approximate surface area is 112 Å². The molecule has 0 spiro atoms. The minimum absolute atomic E-state index is 0.362. The van der Waals surface area contributed by atoms with Crippen molar-refractivity contribution in [2.24, 2.45) is 0 Å². The maximum atomic E-state index is 10.1. The van der Waals surface area contributed by atoms with Gasteiger partial charge in [-0.15, -0.1) is 0 Å². The van der Waals surface area contributed by atoms with E-state index < -0.39 is 5.60 Å². The van der Waals surface area contributed by atoms with Crippen molar-refractivity contribution in [3.05, 3.63) is 17.0 Å². The van der Waals surface area contributed by atoms with E-state index in [4.69, 9.17) is 16.3 Å². The summed E-state index contributed by atoms with van der Waals surface area (Å²) in [4.78, 5) is 8.50. The Morgan fingerprint density at radius 2 is 2.39 bits per heavy atom. The van der Waals surface area contributed by atoms with E-state index in [0.717, 1.165) is 18.7 Å². The van der Waals surface area contributed by atoms with Crippen LogP contribution in [0.15, 0.2) is 6.07 Å². The third-order valence-electron chi connectivity index (χ3n) is 2.90. The van der Waals surface area contributed by atoms with Crippen molar-refractivity contribution < 1.29 is 9.84 Å². The Hall–Kier alpha value is -0.910. The maximum Gasteiger partial charge on any atom is 0.134 e. The molecule has 1 unspecified atom stereocenters. The summed E-state index contributed by atoms with van der Waals surface area (Å²) in [6.45, 7) is 3.44. The Kier molecular flexibility index (Phi) is 4.37. The van der Waals surface area contributed by atoms with Crippen LogP contribution < -0.4 is 5.32 Å². The fourth-order valence-corrected chi connectivity index (χ4v) is 2.08. The van der Waals surface area contributed by atoms with Crippen molar-refractivity contribution in [1.29, 1.82) is 0 Å². The van der Waals surface area contributed by atoms with Crippen LogP contribution in [0.3, 0.4) is 0 Å². The van der Waals surface area contributed by atoms with Crippen molar-refractivity contribution in [1.82, 2.24) is 9.97 Å². The molecule has 1 aliphatic heterocycles. The SMILES string of the molecule is CCCc1nc(Cl)cc(NCC2(O)CCOC2)n1. The van der Waals surface area contributed by atoms with Gasteiger partial charge in [0.05, 0.1) is 6.61 Å². The molecule has 2 rings (SSSR count). The normalized spacial score (nSPS) is 23.3. The summed E-state index contributed by atoms with van der Waals surface area (Å²) in [5.41, 5.74) is -0.803. The van der Waals surface area contributed by atoms with Gasteiger partial charge >= 0.3 is 0 Å². The number of nitrogens with one attached hydrogen (secondary N) is 1. The number of hydrogen-bond donors (Lipinski definition) is 2. The second kappa shape index (κ2) is 5.82. The minimum atomic E-state index is -0.803. The van der Waals surface area contributed by atoms with Crippen LogP contribution in [0, 0.1) is 0 Å². The molecule has 5 nitrogen and oxygen atoms in total. The van der Waals surface area contributed by atoms with Crippen LogP contribution in [-0.2, 0) is 11.2 Å². The smallest absolute Gasteiger partial charge is 0.134 e. The van der Waals surface area contributed by atoms with Crippen molar-refractivity contribution >= 4 is 17.4 Å². The zero-order valence-electron chi connectivity index (χ0n) is 10.4. The number of aromatic nitrogens is 2. The number of halogens is 1. The molecule has 0 bridgehead atoms. The van der Waals surface area contributed by atoms with Crippen LogP contribution >= 0.6 is 11.6 Å². The standard InChI is InChI=1S/C12H18ClN3O2/c1-2-3-10-15-9(13)6-11(16-10)14-7-12(17)4-5-18-8-12/h6,17H,2-5,7-8H2,1H3,(H,14,15,16). The molecule has 6 heteroatoms. The highest BCUT2D eigenvalue weighted by Gasteiger charge is 2.32. The summed E-state index contributed by atoms with van der Waals surface area (Å²) < 4.78 is 5.19. The predicted octanol–water partition coefficient (Wildman–Crippen LogP) is 1.65. The number of aryl methyl sites for hydroxylation is 1. The van der Waals surface area contributed by atoms with E-state index >= 15 is 0 Å². The van der Waals surface area contributed by atoms with Gasteiger partial charge in [-0.25, -0.2) is 9.97 Å². The average Bonchev–Trinajstić information content (AvgIpc) is 2.74. The lowest BCUT2D eigenvalue weighted by Gasteiger charge is -2.21. The highest BCUT2D eigenvalue weighted by molar-refractivity contribution is 6.29. The molecular formula is C12H18ClN3O2. The zero-order valence-corrected chi connectivity index (χ0v) is 11.2. The number of ether oxygens (including phenoxy) is 1. The van der Waals surface area contributed by atoms with Gasteiger partial charge in [0.2, 0.25) is 0 Å². The maximum absolute atomic E-state index is 10.1. The summed E-state index contributed by atoms with van der Waals surface area (Å²) in [5, 5.41) is 13.7. The fraction of sp³-hybridized carbons (Fsp3) is 0.667. The third kappa shape index (κ3) is 3.54. The van der Waals surface area contributed by atoms with Crippen LogP contribution in [0.1, 0.15) is 25.6 Å². The molecule has 0 saturated carbocycles. The molecule has 0 radical (unpaired) electrons. The Morgan fingerprint density at radius 1 is 1.56 bits per heavy atom. The molecule has 1 fully saturated rings. The van der Waals surface area contributed by atoms with E-state index in [9.17, 15) is 5.11 Å². The second-order valence-electron chi connectivity index (χ2n) is 4.62. The monoisotopic (exact) mass is 271 g/mol.